The molecule has 1 aromatic heterocycles. The van der Waals surface area contributed by atoms with E-state index < -0.39 is 5.60 Å². The van der Waals surface area contributed by atoms with Crippen LogP contribution in [0.15, 0.2) is 10.8 Å². The first kappa shape index (κ1) is 15.4. The van der Waals surface area contributed by atoms with Crippen LogP contribution in [0.4, 0.5) is 0 Å². The van der Waals surface area contributed by atoms with Crippen LogP contribution in [0.25, 0.3) is 0 Å². The van der Waals surface area contributed by atoms with Crippen LogP contribution in [0.5, 0.6) is 0 Å². The molecule has 0 spiro atoms. The van der Waals surface area contributed by atoms with Gasteiger partial charge < -0.3 is 4.74 Å². The van der Waals surface area contributed by atoms with E-state index >= 15 is 0 Å². The molecule has 1 rings (SSSR count). The topological polar surface area (TPSA) is 29.3 Å². The second-order valence-corrected chi connectivity index (χ2v) is 7.47. The van der Waals surface area contributed by atoms with Crippen LogP contribution in [-0.4, -0.2) is 25.2 Å². The van der Waals surface area contributed by atoms with Crippen molar-refractivity contribution in [1.82, 2.24) is 4.58 Å². The molecule has 102 valence electrons. The fourth-order valence-corrected chi connectivity index (χ4v) is 3.15. The van der Waals surface area contributed by atoms with Crippen LogP contribution in [0.3, 0.4) is 0 Å². The van der Waals surface area contributed by atoms with Gasteiger partial charge in [0.15, 0.2) is 0 Å². The van der Waals surface area contributed by atoms with Gasteiger partial charge >= 0.3 is 9.95 Å². The molecule has 0 saturated heterocycles. The standard InChI is InChI=1S/C13H22NO2S2/c1-10(11(15)16-13(2,3)4)6-7-14(5)12-17-8-9-18-12/h8-10H,6-7H2,1-5H3/q+1. The molecule has 1 heterocycles. The molecule has 3 nitrogen and oxygen atoms in total. The first-order valence-corrected chi connectivity index (χ1v) is 7.85. The van der Waals surface area contributed by atoms with Crippen LogP contribution in [-0.2, 0) is 9.53 Å². The van der Waals surface area contributed by atoms with Crippen molar-refractivity contribution < 1.29 is 9.53 Å². The summed E-state index contributed by atoms with van der Waals surface area (Å²) in [6, 6.07) is 0. The molecule has 0 N–H and O–H groups in total. The maximum Gasteiger partial charge on any atom is 0.313 e. The number of ether oxygens (including phenoxy) is 1. The molecule has 1 unspecified atom stereocenters. The van der Waals surface area contributed by atoms with E-state index in [0.717, 1.165) is 13.0 Å². The monoisotopic (exact) mass is 288 g/mol. The van der Waals surface area contributed by atoms with Crippen molar-refractivity contribution in [1.29, 1.82) is 0 Å². The van der Waals surface area contributed by atoms with Gasteiger partial charge in [0.2, 0.25) is 0 Å². The zero-order valence-corrected chi connectivity index (χ0v) is 13.4. The highest BCUT2D eigenvalue weighted by Crippen LogP contribution is 2.13. The van der Waals surface area contributed by atoms with Crippen molar-refractivity contribution in [3.8, 4) is 0 Å². The highest BCUT2D eigenvalue weighted by Gasteiger charge is 2.22. The third-order valence-corrected chi connectivity index (χ3v) is 4.73. The lowest BCUT2D eigenvalue weighted by atomic mass is 10.1. The van der Waals surface area contributed by atoms with Crippen molar-refractivity contribution in [2.24, 2.45) is 5.92 Å². The molecule has 5 heteroatoms. The van der Waals surface area contributed by atoms with Gasteiger partial charge in [-0.3, -0.25) is 4.79 Å². The first-order valence-electron chi connectivity index (χ1n) is 6.09. The lowest BCUT2D eigenvalue weighted by Crippen LogP contribution is -2.30. The quantitative estimate of drug-likeness (QED) is 0.629. The largest absolute Gasteiger partial charge is 0.460 e. The Morgan fingerprint density at radius 1 is 1.39 bits per heavy atom. The number of nitrogens with zero attached hydrogens (tertiary/aromatic N) is 1. The highest BCUT2D eigenvalue weighted by atomic mass is 32.2. The smallest absolute Gasteiger partial charge is 0.313 e. The van der Waals surface area contributed by atoms with Crippen molar-refractivity contribution in [2.45, 2.75) is 39.7 Å². The maximum atomic E-state index is 11.8. The Morgan fingerprint density at radius 3 is 2.44 bits per heavy atom. The van der Waals surface area contributed by atoms with Gasteiger partial charge in [0.05, 0.1) is 5.92 Å². The fraction of sp³-hybridized carbons (Fsp3) is 0.692. The lowest BCUT2D eigenvalue weighted by Gasteiger charge is -2.21. The van der Waals surface area contributed by atoms with Crippen molar-refractivity contribution >= 4 is 28.6 Å². The molecule has 1 aromatic rings. The van der Waals surface area contributed by atoms with E-state index in [9.17, 15) is 4.79 Å². The number of hydrogen-bond acceptors (Lipinski definition) is 4. The van der Waals surface area contributed by atoms with Gasteiger partial charge in [0, 0.05) is 17.2 Å². The number of hydrogen-bond donors (Lipinski definition) is 0. The molecule has 0 radical (unpaired) electrons. The average molecular weight is 288 g/mol. The number of carbonyl (C=O) groups excluding carboxylic acids is 1. The highest BCUT2D eigenvalue weighted by molar-refractivity contribution is 7.24. The summed E-state index contributed by atoms with van der Waals surface area (Å²) in [4.78, 5) is 11.8. The second kappa shape index (κ2) is 6.48. The van der Waals surface area contributed by atoms with Crippen LogP contribution in [0.1, 0.15) is 34.1 Å². The van der Waals surface area contributed by atoms with Gasteiger partial charge in [-0.25, -0.2) is 4.58 Å². The predicted molar refractivity (Wildman–Crippen MR) is 77.9 cm³/mol. The first-order chi connectivity index (χ1) is 8.29. The fourth-order valence-electron chi connectivity index (χ4n) is 1.38. The van der Waals surface area contributed by atoms with Crippen LogP contribution in [0.2, 0.25) is 0 Å². The van der Waals surface area contributed by atoms with E-state index in [-0.39, 0.29) is 11.9 Å². The maximum absolute atomic E-state index is 11.8. The molecular formula is C13H22NO2S2+. The van der Waals surface area contributed by atoms with Gasteiger partial charge in [-0.2, -0.15) is 0 Å². The van der Waals surface area contributed by atoms with Crippen LogP contribution in [0, 0.1) is 5.92 Å². The predicted octanol–water partition coefficient (Wildman–Crippen LogP) is 2.58. The molecule has 0 saturated carbocycles. The van der Waals surface area contributed by atoms with Gasteiger partial charge in [0.25, 0.3) is 0 Å². The Balaban J connectivity index is 2.50. The summed E-state index contributed by atoms with van der Waals surface area (Å²) < 4.78 is 8.83. The van der Waals surface area contributed by atoms with E-state index in [1.807, 2.05) is 27.7 Å². The van der Waals surface area contributed by atoms with Gasteiger partial charge in [-0.1, -0.05) is 29.6 Å². The summed E-state index contributed by atoms with van der Waals surface area (Å²) in [6.45, 7) is 8.50. The Hall–Kier alpha value is -0.680. The van der Waals surface area contributed by atoms with Crippen molar-refractivity contribution in [2.75, 3.05) is 13.6 Å². The molecule has 0 aromatic carbocycles. The molecule has 0 aliphatic rings. The summed E-state index contributed by atoms with van der Waals surface area (Å²) in [6.07, 6.45) is 0.816. The summed E-state index contributed by atoms with van der Waals surface area (Å²) in [5.41, 5.74) is -0.396. The molecule has 0 amide bonds. The van der Waals surface area contributed by atoms with E-state index in [4.69, 9.17) is 4.74 Å². The van der Waals surface area contributed by atoms with E-state index in [0.29, 0.717) is 0 Å². The summed E-state index contributed by atoms with van der Waals surface area (Å²) >= 11 is 3.46. The van der Waals surface area contributed by atoms with Crippen molar-refractivity contribution in [3.63, 3.8) is 0 Å². The SMILES string of the molecule is CC(CC[N+](C)=c1sccs1)C(=O)OC(C)(C)C. The Kier molecular flexibility index (Phi) is 5.53. The van der Waals surface area contributed by atoms with Gasteiger partial charge in [0.1, 0.15) is 19.2 Å². The summed E-state index contributed by atoms with van der Waals surface area (Å²) in [7, 11) is 2.06. The minimum absolute atomic E-state index is 0.0587. The Bertz CT molecular complexity index is 437. The Morgan fingerprint density at radius 2 is 1.94 bits per heavy atom. The minimum atomic E-state index is -0.396. The van der Waals surface area contributed by atoms with Gasteiger partial charge in [-0.05, 0) is 20.8 Å². The molecule has 18 heavy (non-hydrogen) atoms. The number of carbonyl (C=O) groups is 1. The molecule has 1 atom stereocenters. The molecule has 0 fully saturated rings. The Labute approximate surface area is 117 Å². The summed E-state index contributed by atoms with van der Waals surface area (Å²) in [5, 5.41) is 4.15. The second-order valence-electron chi connectivity index (χ2n) is 5.42. The zero-order valence-electron chi connectivity index (χ0n) is 11.7. The normalized spacial score (nSPS) is 13.2. The lowest BCUT2D eigenvalue weighted by molar-refractivity contribution is -0.159. The summed E-state index contributed by atoms with van der Waals surface area (Å²) in [5.74, 6) is -0.164. The van der Waals surface area contributed by atoms with E-state index in [1.54, 1.807) is 22.7 Å². The van der Waals surface area contributed by atoms with E-state index in [2.05, 4.69) is 22.4 Å². The number of esters is 1. The number of rotatable bonds is 4. The van der Waals surface area contributed by atoms with Crippen LogP contribution >= 0.6 is 22.7 Å². The minimum Gasteiger partial charge on any atom is -0.460 e. The van der Waals surface area contributed by atoms with E-state index in [1.165, 1.54) is 3.98 Å². The zero-order chi connectivity index (χ0) is 13.8. The third-order valence-electron chi connectivity index (χ3n) is 2.41. The van der Waals surface area contributed by atoms with Crippen LogP contribution < -0.4 is 8.56 Å². The van der Waals surface area contributed by atoms with Crippen molar-refractivity contribution in [3.05, 3.63) is 14.7 Å². The molecular weight excluding hydrogens is 266 g/mol. The molecule has 0 bridgehead atoms. The third kappa shape index (κ3) is 5.31. The molecule has 0 aliphatic heterocycles. The molecule has 0 aliphatic carbocycles. The average Bonchev–Trinajstić information content (AvgIpc) is 2.76. The van der Waals surface area contributed by atoms with Gasteiger partial charge in [-0.15, -0.1) is 0 Å².